The highest BCUT2D eigenvalue weighted by Gasteiger charge is 2.20. The molecule has 0 aromatic carbocycles. The van der Waals surface area contributed by atoms with Crippen LogP contribution in [0.4, 0.5) is 0 Å². The largest absolute Gasteiger partial charge is 0.433 e. The Balaban J connectivity index is 3.37. The minimum Gasteiger partial charge on any atom is -0.433 e. The smallest absolute Gasteiger partial charge is 0.398 e. The van der Waals surface area contributed by atoms with E-state index in [1.165, 1.54) is 90.2 Å². The van der Waals surface area contributed by atoms with Crippen molar-refractivity contribution in [1.29, 1.82) is 0 Å². The van der Waals surface area contributed by atoms with Crippen LogP contribution in [0.5, 0.6) is 0 Å². The molecule has 0 aromatic rings. The van der Waals surface area contributed by atoms with Gasteiger partial charge in [-0.3, -0.25) is 4.55 Å². The fourth-order valence-corrected chi connectivity index (χ4v) is 3.40. The minimum absolute atomic E-state index is 0.804. The number of allylic oxidation sites excluding steroid dienone is 1. The van der Waals surface area contributed by atoms with Crippen LogP contribution in [-0.2, 0) is 24.1 Å². The molecule has 0 amide bonds. The van der Waals surface area contributed by atoms with Crippen molar-refractivity contribution in [3.05, 3.63) is 12.3 Å². The minimum atomic E-state index is -4.66. The van der Waals surface area contributed by atoms with Crippen LogP contribution in [0, 0.1) is 0 Å². The topological polar surface area (TPSA) is 89.9 Å². The van der Waals surface area contributed by atoms with E-state index < -0.39 is 22.5 Å². The van der Waals surface area contributed by atoms with Gasteiger partial charge in [-0.25, -0.2) is 8.98 Å². The van der Waals surface area contributed by atoms with Crippen molar-refractivity contribution in [2.24, 2.45) is 0 Å². The molecule has 28 heavy (non-hydrogen) atoms. The molecule has 6 nitrogen and oxygen atoms in total. The second-order valence-corrected chi connectivity index (χ2v) is 8.41. The van der Waals surface area contributed by atoms with Gasteiger partial charge in [0.05, 0.1) is 6.26 Å². The Morgan fingerprint density at radius 1 is 0.857 bits per heavy atom. The van der Waals surface area contributed by atoms with E-state index in [0.29, 0.717) is 0 Å². The third-order valence-electron chi connectivity index (χ3n) is 4.60. The average Bonchev–Trinajstić information content (AvgIpc) is 2.62. The first-order chi connectivity index (χ1) is 13.4. The van der Waals surface area contributed by atoms with Crippen molar-refractivity contribution in [3.63, 3.8) is 0 Å². The number of hydrogen-bond acceptors (Lipinski definition) is 5. The summed E-state index contributed by atoms with van der Waals surface area (Å²) in [6, 6.07) is 0. The predicted octanol–water partition coefficient (Wildman–Crippen LogP) is 6.12. The number of esters is 1. The molecule has 0 aromatic heterocycles. The fourth-order valence-electron chi connectivity index (χ4n) is 2.96. The molecule has 0 aliphatic rings. The van der Waals surface area contributed by atoms with Gasteiger partial charge in [0.25, 0.3) is 0 Å². The summed E-state index contributed by atoms with van der Waals surface area (Å²) in [6.07, 6.45) is 20.8. The van der Waals surface area contributed by atoms with Gasteiger partial charge < -0.3 is 4.74 Å². The lowest BCUT2D eigenvalue weighted by atomic mass is 10.0. The van der Waals surface area contributed by atoms with Crippen LogP contribution in [0.2, 0.25) is 0 Å². The molecule has 0 heterocycles. The highest BCUT2D eigenvalue weighted by Crippen LogP contribution is 2.13. The van der Waals surface area contributed by atoms with Crippen molar-refractivity contribution in [2.45, 2.75) is 116 Å². The van der Waals surface area contributed by atoms with E-state index in [0.717, 1.165) is 19.3 Å². The first-order valence-corrected chi connectivity index (χ1v) is 12.2. The molecule has 1 N–H and O–H groups in total. The Morgan fingerprint density at radius 3 is 1.71 bits per heavy atom. The summed E-state index contributed by atoms with van der Waals surface area (Å²) in [5.41, 5.74) is 0. The van der Waals surface area contributed by atoms with Gasteiger partial charge in [-0.15, -0.1) is 0 Å². The lowest BCUT2D eigenvalue weighted by Gasteiger charge is -2.06. The van der Waals surface area contributed by atoms with Crippen LogP contribution in [0.25, 0.3) is 0 Å². The van der Waals surface area contributed by atoms with E-state index >= 15 is 0 Å². The summed E-state index contributed by atoms with van der Waals surface area (Å²) in [5, 5.41) is 0. The van der Waals surface area contributed by atoms with Crippen molar-refractivity contribution in [1.82, 2.24) is 0 Å². The normalized spacial score (nSPS) is 13.1. The van der Waals surface area contributed by atoms with Gasteiger partial charge in [-0.1, -0.05) is 90.4 Å². The third-order valence-corrected chi connectivity index (χ3v) is 5.13. The third kappa shape index (κ3) is 19.8. The number of unbranched alkanes of at least 4 members (excludes halogenated alkanes) is 14. The number of ether oxygens (including phenoxy) is 1. The van der Waals surface area contributed by atoms with Gasteiger partial charge >= 0.3 is 16.4 Å². The van der Waals surface area contributed by atoms with Gasteiger partial charge in [-0.05, 0) is 25.8 Å². The fraction of sp³-hybridized carbons (Fsp3) is 0.857. The highest BCUT2D eigenvalue weighted by atomic mass is 32.3. The monoisotopic (exact) mass is 420 g/mol. The van der Waals surface area contributed by atoms with Gasteiger partial charge in [0.1, 0.15) is 0 Å². The van der Waals surface area contributed by atoms with Crippen LogP contribution in [0.3, 0.4) is 0 Å². The van der Waals surface area contributed by atoms with Gasteiger partial charge in [0.2, 0.25) is 0 Å². The summed E-state index contributed by atoms with van der Waals surface area (Å²) < 4.78 is 38.3. The quantitative estimate of drug-likeness (QED) is 0.117. The van der Waals surface area contributed by atoms with Crippen molar-refractivity contribution < 1.29 is 26.7 Å². The van der Waals surface area contributed by atoms with E-state index in [4.69, 9.17) is 9.29 Å². The Hall–Kier alpha value is -0.920. The molecular formula is C21H40O6S. The maximum atomic E-state index is 11.4. The molecule has 166 valence electrons. The molecule has 7 heteroatoms. The van der Waals surface area contributed by atoms with Gasteiger partial charge in [-0.2, -0.15) is 8.42 Å². The summed E-state index contributed by atoms with van der Waals surface area (Å²) >= 11 is 0. The predicted molar refractivity (Wildman–Crippen MR) is 112 cm³/mol. The molecule has 0 saturated heterocycles. The maximum Gasteiger partial charge on any atom is 0.398 e. The number of rotatable bonds is 19. The zero-order valence-electron chi connectivity index (χ0n) is 17.7. The molecule has 0 radical (unpaired) electrons. The molecule has 0 aliphatic heterocycles. The molecule has 0 fully saturated rings. The molecule has 0 saturated carbocycles. The van der Waals surface area contributed by atoms with Crippen molar-refractivity contribution in [2.75, 3.05) is 0 Å². The zero-order chi connectivity index (χ0) is 21.1. The van der Waals surface area contributed by atoms with Crippen LogP contribution >= 0.6 is 0 Å². The molecule has 1 unspecified atom stereocenters. The van der Waals surface area contributed by atoms with Crippen LogP contribution < -0.4 is 0 Å². The molecule has 0 rings (SSSR count). The van der Waals surface area contributed by atoms with Crippen molar-refractivity contribution in [3.8, 4) is 0 Å². The first-order valence-electron chi connectivity index (χ1n) is 10.9. The Labute approximate surface area is 172 Å². The maximum absolute atomic E-state index is 11.4. The van der Waals surface area contributed by atoms with E-state index in [9.17, 15) is 13.2 Å². The molecule has 1 atom stereocenters. The zero-order valence-corrected chi connectivity index (χ0v) is 18.6. The van der Waals surface area contributed by atoms with E-state index in [-0.39, 0.29) is 0 Å². The van der Waals surface area contributed by atoms with E-state index in [1.54, 1.807) is 6.08 Å². The standard InChI is InChI=1S/C21H40O6S/c1-3-4-5-6-7-8-9-10-11-12-13-14-15-16-17-18-19-26-21(22)20(2)27-28(23,24)25/h18-20H,3-17H2,1-2H3,(H,23,24,25). The Morgan fingerprint density at radius 2 is 1.29 bits per heavy atom. The number of hydrogen-bond donors (Lipinski definition) is 1. The Bertz CT molecular complexity index is 501. The van der Waals surface area contributed by atoms with Gasteiger partial charge in [0.15, 0.2) is 6.10 Å². The highest BCUT2D eigenvalue weighted by molar-refractivity contribution is 7.80. The molecule has 0 aliphatic carbocycles. The van der Waals surface area contributed by atoms with Crippen LogP contribution in [0.15, 0.2) is 12.3 Å². The van der Waals surface area contributed by atoms with Gasteiger partial charge in [0, 0.05) is 0 Å². The Kier molecular flexibility index (Phi) is 17.5. The number of carbonyl (C=O) groups excluding carboxylic acids is 1. The van der Waals surface area contributed by atoms with E-state index in [2.05, 4.69) is 11.1 Å². The average molecular weight is 421 g/mol. The van der Waals surface area contributed by atoms with E-state index in [1.807, 2.05) is 0 Å². The number of carbonyl (C=O) groups is 1. The summed E-state index contributed by atoms with van der Waals surface area (Å²) in [4.78, 5) is 11.4. The SMILES string of the molecule is CCCCCCCCCCCCCCCCC=COC(=O)C(C)OS(=O)(=O)O. The first kappa shape index (κ1) is 27.1. The molecule has 0 spiro atoms. The summed E-state index contributed by atoms with van der Waals surface area (Å²) in [6.45, 7) is 3.45. The molecule has 0 bridgehead atoms. The van der Waals surface area contributed by atoms with Crippen molar-refractivity contribution >= 4 is 16.4 Å². The lowest BCUT2D eigenvalue weighted by molar-refractivity contribution is -0.145. The lowest BCUT2D eigenvalue weighted by Crippen LogP contribution is -2.24. The van der Waals surface area contributed by atoms with Crippen LogP contribution in [-0.4, -0.2) is 25.0 Å². The summed E-state index contributed by atoms with van der Waals surface area (Å²) in [7, 11) is -4.66. The molecular weight excluding hydrogens is 380 g/mol. The summed E-state index contributed by atoms with van der Waals surface area (Å²) in [5.74, 6) is -0.866. The second-order valence-electron chi connectivity index (χ2n) is 7.36. The second kappa shape index (κ2) is 18.1. The van der Waals surface area contributed by atoms with Crippen LogP contribution in [0.1, 0.15) is 110 Å².